The Balaban J connectivity index is 0.000000785. The van der Waals surface area contributed by atoms with Gasteiger partial charge >= 0.3 is 5.97 Å². The number of benzene rings is 2. The molecule has 31 heavy (non-hydrogen) atoms. The van der Waals surface area contributed by atoms with Crippen molar-refractivity contribution < 1.29 is 14.6 Å². The fourth-order valence-corrected chi connectivity index (χ4v) is 5.21. The molecule has 0 aromatic heterocycles. The number of carboxylic acids is 1. The van der Waals surface area contributed by atoms with Gasteiger partial charge in [-0.2, -0.15) is 0 Å². The minimum absolute atomic E-state index is 0.0986. The highest BCUT2D eigenvalue weighted by atomic mass is 32.2. The summed E-state index contributed by atoms with van der Waals surface area (Å²) in [6.45, 7) is 7.59. The Kier molecular flexibility index (Phi) is 11.2. The Morgan fingerprint density at radius 3 is 2.48 bits per heavy atom. The summed E-state index contributed by atoms with van der Waals surface area (Å²) in [5.41, 5.74) is 3.42. The van der Waals surface area contributed by atoms with E-state index in [1.807, 2.05) is 17.8 Å². The Bertz CT molecular complexity index is 812. The van der Waals surface area contributed by atoms with E-state index in [4.69, 9.17) is 9.84 Å². The van der Waals surface area contributed by atoms with Crippen LogP contribution in [0.3, 0.4) is 0 Å². The number of rotatable bonds is 8. The van der Waals surface area contributed by atoms with Gasteiger partial charge in [0.25, 0.3) is 0 Å². The molecule has 1 heterocycles. The number of carbonyl (C=O) groups is 1. The van der Waals surface area contributed by atoms with Crippen LogP contribution in [0.4, 0.5) is 11.4 Å². The van der Waals surface area contributed by atoms with Gasteiger partial charge in [-0.05, 0) is 24.1 Å². The number of hydrogen-bond donors (Lipinski definition) is 1. The van der Waals surface area contributed by atoms with E-state index in [1.165, 1.54) is 40.9 Å². The molecule has 0 bridgehead atoms. The molecule has 3 rings (SSSR count). The molecule has 0 amide bonds. The van der Waals surface area contributed by atoms with Gasteiger partial charge in [0, 0.05) is 40.3 Å². The lowest BCUT2D eigenvalue weighted by Crippen LogP contribution is -2.24. The largest absolute Gasteiger partial charge is 0.496 e. The number of fused-ring (bicyclic) bond motifs is 1. The monoisotopic (exact) mass is 461 g/mol. The number of hydrogen-bond acceptors (Lipinski definition) is 5. The van der Waals surface area contributed by atoms with E-state index in [-0.39, 0.29) is 5.75 Å². The number of para-hydroxylation sites is 1. The van der Waals surface area contributed by atoms with Crippen LogP contribution in [0.2, 0.25) is 0 Å². The summed E-state index contributed by atoms with van der Waals surface area (Å²) in [5, 5.41) is 8.90. The highest BCUT2D eigenvalue weighted by Crippen LogP contribution is 2.43. The maximum atomic E-state index is 10.8. The van der Waals surface area contributed by atoms with Gasteiger partial charge in [0.1, 0.15) is 5.75 Å². The molecule has 1 unspecified atom stereocenters. The highest BCUT2D eigenvalue weighted by molar-refractivity contribution is 7.99. The molecule has 0 saturated carbocycles. The number of unbranched alkanes of at least 4 members (excludes halogenated alkanes) is 1. The van der Waals surface area contributed by atoms with E-state index < -0.39 is 5.97 Å². The highest BCUT2D eigenvalue weighted by Gasteiger charge is 2.24. The lowest BCUT2D eigenvalue weighted by molar-refractivity contribution is -0.133. The summed E-state index contributed by atoms with van der Waals surface area (Å²) in [4.78, 5) is 14.5. The molecule has 2 aromatic carbocycles. The van der Waals surface area contributed by atoms with Gasteiger partial charge < -0.3 is 14.7 Å². The van der Waals surface area contributed by atoms with Gasteiger partial charge in [0.05, 0.1) is 18.6 Å². The Hall–Kier alpha value is -1.79. The molecular formula is C25H35NO3S2. The second-order valence-corrected chi connectivity index (χ2v) is 9.60. The third-order valence-corrected chi connectivity index (χ3v) is 7.44. The van der Waals surface area contributed by atoms with Crippen LogP contribution in [0.1, 0.15) is 45.6 Å². The summed E-state index contributed by atoms with van der Waals surface area (Å²) in [7, 11) is 1.68. The number of methoxy groups -OCH3 is 1. The summed E-state index contributed by atoms with van der Waals surface area (Å²) in [6.07, 6.45) is 3.78. The molecule has 2 aromatic rings. The number of carboxylic acid groups (broad SMARTS) is 1. The smallest absolute Gasteiger partial charge is 0.313 e. The summed E-state index contributed by atoms with van der Waals surface area (Å²) >= 11 is 3.29. The average molecular weight is 462 g/mol. The van der Waals surface area contributed by atoms with Crippen molar-refractivity contribution in [3.8, 4) is 5.75 Å². The number of thioether (sulfide) groups is 2. The first-order valence-corrected chi connectivity index (χ1v) is 13.1. The Morgan fingerprint density at radius 2 is 1.90 bits per heavy atom. The van der Waals surface area contributed by atoms with E-state index in [0.29, 0.717) is 11.7 Å². The van der Waals surface area contributed by atoms with Crippen molar-refractivity contribution in [2.75, 3.05) is 30.1 Å². The first-order valence-electron chi connectivity index (χ1n) is 11.0. The molecule has 1 aliphatic rings. The van der Waals surface area contributed by atoms with Crippen LogP contribution in [0.15, 0.2) is 47.4 Å². The van der Waals surface area contributed by atoms with E-state index in [9.17, 15) is 4.79 Å². The predicted octanol–water partition coefficient (Wildman–Crippen LogP) is 7.09. The maximum Gasteiger partial charge on any atom is 0.313 e. The lowest BCUT2D eigenvalue weighted by Gasteiger charge is -2.28. The van der Waals surface area contributed by atoms with Gasteiger partial charge in [-0.3, -0.25) is 4.79 Å². The first-order chi connectivity index (χ1) is 15.0. The number of nitrogens with zero attached hydrogens (tertiary/aromatic N) is 1. The zero-order chi connectivity index (χ0) is 22.6. The molecule has 1 N–H and O–H groups in total. The summed E-state index contributed by atoms with van der Waals surface area (Å²) < 4.78 is 5.65. The van der Waals surface area contributed by atoms with Gasteiger partial charge in [0.15, 0.2) is 0 Å². The molecule has 1 aliphatic heterocycles. The predicted molar refractivity (Wildman–Crippen MR) is 135 cm³/mol. The van der Waals surface area contributed by atoms with Crippen molar-refractivity contribution in [2.45, 2.75) is 50.7 Å². The molecule has 0 saturated heterocycles. The molecule has 6 heteroatoms. The third-order valence-electron chi connectivity index (χ3n) is 5.20. The average Bonchev–Trinajstić information content (AvgIpc) is 2.98. The van der Waals surface area contributed by atoms with Crippen molar-refractivity contribution in [3.05, 3.63) is 48.0 Å². The Morgan fingerprint density at radius 1 is 1.19 bits per heavy atom. The van der Waals surface area contributed by atoms with E-state index in [1.54, 1.807) is 7.11 Å². The minimum atomic E-state index is -0.788. The van der Waals surface area contributed by atoms with Crippen LogP contribution >= 0.6 is 23.5 Å². The minimum Gasteiger partial charge on any atom is -0.496 e. The molecule has 0 fully saturated rings. The number of anilines is 2. The molecule has 0 radical (unpaired) electrons. The summed E-state index contributed by atoms with van der Waals surface area (Å²) in [6, 6.07) is 14.8. The van der Waals surface area contributed by atoms with Crippen LogP contribution in [0.25, 0.3) is 0 Å². The lowest BCUT2D eigenvalue weighted by atomic mass is 10.1. The van der Waals surface area contributed by atoms with E-state index in [2.05, 4.69) is 62.1 Å². The Labute approximate surface area is 195 Å². The SMILES string of the molecule is CCC1CSc2cc(CSCC(=O)O)c(OC)cc2N(c2ccccc2)C1.CCCC. The molecule has 1 atom stereocenters. The van der Waals surface area contributed by atoms with Crippen LogP contribution in [-0.4, -0.2) is 36.2 Å². The zero-order valence-electron chi connectivity index (χ0n) is 19.1. The summed E-state index contributed by atoms with van der Waals surface area (Å²) in [5.74, 6) is 2.46. The normalized spacial score (nSPS) is 15.4. The van der Waals surface area contributed by atoms with Crippen molar-refractivity contribution in [1.29, 1.82) is 0 Å². The van der Waals surface area contributed by atoms with Crippen LogP contribution in [-0.2, 0) is 10.5 Å². The van der Waals surface area contributed by atoms with Gasteiger partial charge in [0.2, 0.25) is 0 Å². The quantitative estimate of drug-likeness (QED) is 0.453. The number of aliphatic carboxylic acids is 1. The van der Waals surface area contributed by atoms with Crippen molar-refractivity contribution >= 4 is 40.9 Å². The fraction of sp³-hybridized carbons (Fsp3) is 0.480. The third kappa shape index (κ3) is 7.69. The van der Waals surface area contributed by atoms with E-state index in [0.717, 1.165) is 30.0 Å². The number of ether oxygens (including phenoxy) is 1. The van der Waals surface area contributed by atoms with Gasteiger partial charge in [-0.1, -0.05) is 58.2 Å². The molecular weight excluding hydrogens is 426 g/mol. The second kappa shape index (κ2) is 13.6. The van der Waals surface area contributed by atoms with Crippen molar-refractivity contribution in [2.24, 2.45) is 5.92 Å². The fourth-order valence-electron chi connectivity index (χ4n) is 3.19. The molecule has 170 valence electrons. The van der Waals surface area contributed by atoms with Crippen molar-refractivity contribution in [3.63, 3.8) is 0 Å². The standard InChI is InChI=1S/C21H25NO3S2.C4H10/c1-3-15-11-22(17-7-5-4-6-8-17)18-10-19(25-2)16(9-20(18)27-12-15)13-26-14-21(23)24;1-3-4-2/h4-10,15H,3,11-14H2,1-2H3,(H,23,24);3-4H2,1-2H3. The molecule has 0 aliphatic carbocycles. The van der Waals surface area contributed by atoms with E-state index >= 15 is 0 Å². The van der Waals surface area contributed by atoms with Gasteiger partial charge in [-0.15, -0.1) is 23.5 Å². The van der Waals surface area contributed by atoms with Crippen LogP contribution in [0, 0.1) is 5.92 Å². The van der Waals surface area contributed by atoms with Crippen LogP contribution < -0.4 is 9.64 Å². The second-order valence-electron chi connectivity index (χ2n) is 7.55. The van der Waals surface area contributed by atoms with Crippen molar-refractivity contribution in [1.82, 2.24) is 0 Å². The zero-order valence-corrected chi connectivity index (χ0v) is 20.7. The topological polar surface area (TPSA) is 49.8 Å². The molecule has 4 nitrogen and oxygen atoms in total. The van der Waals surface area contributed by atoms with Crippen LogP contribution in [0.5, 0.6) is 5.75 Å². The maximum absolute atomic E-state index is 10.8. The van der Waals surface area contributed by atoms with Gasteiger partial charge in [-0.25, -0.2) is 0 Å². The molecule has 0 spiro atoms. The first kappa shape index (κ1) is 25.5.